The largest absolute Gasteiger partial charge is 0.328 e. The standard InChI is InChI=1S/C24H24ClN3O2S/c1-2-16-28-23-9-4-3-8-22(23)26-24(28)15-12-18-10-13-20(14-11-18)27-31(29,30)21-7-5-6-19(25)17-21/h3-11,13-14,17,27H,2,12,15-16H2,1H3. The molecule has 1 heterocycles. The average Bonchev–Trinajstić information content (AvgIpc) is 3.11. The van der Waals surface area contributed by atoms with E-state index in [0.717, 1.165) is 42.7 Å². The molecule has 4 aromatic rings. The summed E-state index contributed by atoms with van der Waals surface area (Å²) in [6.07, 6.45) is 2.70. The molecule has 0 saturated heterocycles. The molecule has 0 unspecified atom stereocenters. The molecule has 7 heteroatoms. The van der Waals surface area contributed by atoms with Crippen LogP contribution in [0.2, 0.25) is 5.02 Å². The first kappa shape index (κ1) is 21.4. The molecule has 0 fully saturated rings. The summed E-state index contributed by atoms with van der Waals surface area (Å²) in [4.78, 5) is 4.95. The summed E-state index contributed by atoms with van der Waals surface area (Å²) in [5.41, 5.74) is 3.84. The fourth-order valence-corrected chi connectivity index (χ4v) is 4.99. The van der Waals surface area contributed by atoms with Gasteiger partial charge in [0.05, 0.1) is 15.9 Å². The van der Waals surface area contributed by atoms with Gasteiger partial charge in [-0.1, -0.05) is 48.9 Å². The van der Waals surface area contributed by atoms with Crippen LogP contribution in [0.3, 0.4) is 0 Å². The molecule has 0 amide bonds. The van der Waals surface area contributed by atoms with Gasteiger partial charge in [-0.05, 0) is 60.9 Å². The van der Waals surface area contributed by atoms with E-state index in [-0.39, 0.29) is 4.90 Å². The van der Waals surface area contributed by atoms with Crippen molar-refractivity contribution in [3.05, 3.63) is 89.2 Å². The fourth-order valence-electron chi connectivity index (χ4n) is 3.63. The van der Waals surface area contributed by atoms with E-state index in [4.69, 9.17) is 16.6 Å². The summed E-state index contributed by atoms with van der Waals surface area (Å²) in [5.74, 6) is 1.08. The Kier molecular flexibility index (Phi) is 6.30. The monoisotopic (exact) mass is 453 g/mol. The summed E-state index contributed by atoms with van der Waals surface area (Å²) >= 11 is 5.92. The van der Waals surface area contributed by atoms with Gasteiger partial charge in [0.1, 0.15) is 5.82 Å². The van der Waals surface area contributed by atoms with Gasteiger partial charge < -0.3 is 4.57 Å². The number of hydrogen-bond donors (Lipinski definition) is 1. The van der Waals surface area contributed by atoms with Crippen molar-refractivity contribution in [2.45, 2.75) is 37.6 Å². The lowest BCUT2D eigenvalue weighted by Crippen LogP contribution is -2.12. The molecule has 0 aliphatic heterocycles. The molecule has 160 valence electrons. The fraction of sp³-hybridized carbons (Fsp3) is 0.208. The first-order chi connectivity index (χ1) is 15.0. The number of imidazole rings is 1. The SMILES string of the molecule is CCCn1c(CCc2ccc(NS(=O)(=O)c3cccc(Cl)c3)cc2)nc2ccccc21. The van der Waals surface area contributed by atoms with Gasteiger partial charge in [-0.3, -0.25) is 4.72 Å². The number of nitrogens with zero attached hydrogens (tertiary/aromatic N) is 2. The highest BCUT2D eigenvalue weighted by Crippen LogP contribution is 2.21. The number of hydrogen-bond acceptors (Lipinski definition) is 3. The minimum absolute atomic E-state index is 0.138. The zero-order valence-electron chi connectivity index (χ0n) is 17.3. The summed E-state index contributed by atoms with van der Waals surface area (Å²) in [7, 11) is -3.68. The Labute approximate surface area is 187 Å². The van der Waals surface area contributed by atoms with Crippen LogP contribution in [0.1, 0.15) is 24.7 Å². The van der Waals surface area contributed by atoms with Gasteiger partial charge in [-0.25, -0.2) is 13.4 Å². The number of nitrogens with one attached hydrogen (secondary N) is 1. The normalized spacial score (nSPS) is 11.7. The van der Waals surface area contributed by atoms with Gasteiger partial charge in [-0.15, -0.1) is 0 Å². The predicted octanol–water partition coefficient (Wildman–Crippen LogP) is 5.69. The van der Waals surface area contributed by atoms with E-state index in [1.165, 1.54) is 17.6 Å². The molecule has 1 aromatic heterocycles. The van der Waals surface area contributed by atoms with Crippen molar-refractivity contribution in [3.8, 4) is 0 Å². The molecule has 1 N–H and O–H groups in total. The van der Waals surface area contributed by atoms with Gasteiger partial charge >= 0.3 is 0 Å². The number of benzene rings is 3. The highest BCUT2D eigenvalue weighted by molar-refractivity contribution is 7.92. The van der Waals surface area contributed by atoms with Crippen molar-refractivity contribution >= 4 is 38.3 Å². The van der Waals surface area contributed by atoms with Crippen LogP contribution in [0.25, 0.3) is 11.0 Å². The summed E-state index contributed by atoms with van der Waals surface area (Å²) in [5, 5.41) is 0.382. The van der Waals surface area contributed by atoms with Gasteiger partial charge in [0.25, 0.3) is 10.0 Å². The minimum Gasteiger partial charge on any atom is -0.328 e. The van der Waals surface area contributed by atoms with Crippen LogP contribution in [0, 0.1) is 0 Å². The maximum atomic E-state index is 12.6. The molecule has 0 aliphatic carbocycles. The average molecular weight is 454 g/mol. The third-order valence-corrected chi connectivity index (χ3v) is 6.74. The van der Waals surface area contributed by atoms with E-state index in [0.29, 0.717) is 10.7 Å². The Morgan fingerprint density at radius 1 is 0.968 bits per heavy atom. The number of para-hydroxylation sites is 2. The Balaban J connectivity index is 1.46. The second-order valence-electron chi connectivity index (χ2n) is 7.43. The number of anilines is 1. The molecule has 5 nitrogen and oxygen atoms in total. The molecule has 0 atom stereocenters. The molecular weight excluding hydrogens is 430 g/mol. The highest BCUT2D eigenvalue weighted by atomic mass is 35.5. The third kappa shape index (κ3) is 4.92. The Morgan fingerprint density at radius 3 is 2.48 bits per heavy atom. The molecule has 4 rings (SSSR count). The van der Waals surface area contributed by atoms with Crippen molar-refractivity contribution in [1.82, 2.24) is 9.55 Å². The van der Waals surface area contributed by atoms with Gasteiger partial charge in [-0.2, -0.15) is 0 Å². The van der Waals surface area contributed by atoms with Crippen LogP contribution >= 0.6 is 11.6 Å². The molecule has 0 saturated carbocycles. The second-order valence-corrected chi connectivity index (χ2v) is 9.55. The predicted molar refractivity (Wildman–Crippen MR) is 126 cm³/mol. The summed E-state index contributed by atoms with van der Waals surface area (Å²) < 4.78 is 30.0. The van der Waals surface area contributed by atoms with Crippen LogP contribution in [-0.4, -0.2) is 18.0 Å². The quantitative estimate of drug-likeness (QED) is 0.373. The molecule has 0 bridgehead atoms. The number of halogens is 1. The van der Waals surface area contributed by atoms with Gasteiger partial charge in [0.2, 0.25) is 0 Å². The van der Waals surface area contributed by atoms with E-state index in [1.54, 1.807) is 24.3 Å². The van der Waals surface area contributed by atoms with E-state index in [2.05, 4.69) is 22.3 Å². The molecule has 31 heavy (non-hydrogen) atoms. The molecule has 0 spiro atoms. The molecule has 0 aliphatic rings. The lowest BCUT2D eigenvalue weighted by Gasteiger charge is -2.10. The van der Waals surface area contributed by atoms with Crippen molar-refractivity contribution < 1.29 is 8.42 Å². The lowest BCUT2D eigenvalue weighted by atomic mass is 10.1. The highest BCUT2D eigenvalue weighted by Gasteiger charge is 2.15. The van der Waals surface area contributed by atoms with Gasteiger partial charge in [0.15, 0.2) is 0 Å². The van der Waals surface area contributed by atoms with Gasteiger partial charge in [0, 0.05) is 23.7 Å². The first-order valence-corrected chi connectivity index (χ1v) is 12.1. The number of fused-ring (bicyclic) bond motifs is 1. The van der Waals surface area contributed by atoms with Crippen molar-refractivity contribution in [1.29, 1.82) is 0 Å². The Bertz CT molecular complexity index is 1300. The molecular formula is C24H24ClN3O2S. The summed E-state index contributed by atoms with van der Waals surface area (Å²) in [6, 6.07) is 21.9. The minimum atomic E-state index is -3.68. The van der Waals surface area contributed by atoms with E-state index >= 15 is 0 Å². The number of aromatic nitrogens is 2. The molecule has 0 radical (unpaired) electrons. The second kappa shape index (κ2) is 9.12. The number of sulfonamides is 1. The number of rotatable bonds is 8. The van der Waals surface area contributed by atoms with Crippen LogP contribution in [0.5, 0.6) is 0 Å². The smallest absolute Gasteiger partial charge is 0.261 e. The Hall–Kier alpha value is -2.83. The van der Waals surface area contributed by atoms with Crippen LogP contribution in [0.15, 0.2) is 77.7 Å². The summed E-state index contributed by atoms with van der Waals surface area (Å²) in [6.45, 7) is 3.11. The zero-order chi connectivity index (χ0) is 21.8. The van der Waals surface area contributed by atoms with E-state index in [1.807, 2.05) is 30.3 Å². The van der Waals surface area contributed by atoms with Crippen LogP contribution < -0.4 is 4.72 Å². The van der Waals surface area contributed by atoms with Crippen molar-refractivity contribution in [2.24, 2.45) is 0 Å². The van der Waals surface area contributed by atoms with E-state index in [9.17, 15) is 8.42 Å². The van der Waals surface area contributed by atoms with Crippen LogP contribution in [0.4, 0.5) is 5.69 Å². The zero-order valence-corrected chi connectivity index (χ0v) is 18.8. The maximum absolute atomic E-state index is 12.6. The van der Waals surface area contributed by atoms with Crippen LogP contribution in [-0.2, 0) is 29.4 Å². The molecule has 3 aromatic carbocycles. The first-order valence-electron chi connectivity index (χ1n) is 10.3. The van der Waals surface area contributed by atoms with Crippen molar-refractivity contribution in [3.63, 3.8) is 0 Å². The third-order valence-electron chi connectivity index (χ3n) is 5.13. The number of aryl methyl sites for hydroxylation is 3. The van der Waals surface area contributed by atoms with E-state index < -0.39 is 10.0 Å². The Morgan fingerprint density at radius 2 is 1.74 bits per heavy atom. The topological polar surface area (TPSA) is 64.0 Å². The maximum Gasteiger partial charge on any atom is 0.261 e. The van der Waals surface area contributed by atoms with Crippen molar-refractivity contribution in [2.75, 3.05) is 4.72 Å². The lowest BCUT2D eigenvalue weighted by molar-refractivity contribution is 0.601.